The smallest absolute Gasteiger partial charge is 0.279 e. The van der Waals surface area contributed by atoms with Crippen molar-refractivity contribution in [2.75, 3.05) is 19.5 Å². The van der Waals surface area contributed by atoms with Gasteiger partial charge in [-0.3, -0.25) is 15.0 Å². The molecule has 0 saturated carbocycles. The zero-order chi connectivity index (χ0) is 24.2. The van der Waals surface area contributed by atoms with Crippen LogP contribution in [-0.4, -0.2) is 37.1 Å². The van der Waals surface area contributed by atoms with E-state index in [4.69, 9.17) is 14.2 Å². The molecule has 0 bridgehead atoms. The van der Waals surface area contributed by atoms with Gasteiger partial charge in [0.05, 0.1) is 19.8 Å². The maximum absolute atomic E-state index is 13.4. The Labute approximate surface area is 205 Å². The fourth-order valence-corrected chi connectivity index (χ4v) is 3.87. The van der Waals surface area contributed by atoms with Gasteiger partial charge in [-0.25, -0.2) is 5.01 Å². The molecule has 0 unspecified atom stereocenters. The number of fused-ring (bicyclic) bond motifs is 1. The summed E-state index contributed by atoms with van der Waals surface area (Å²) in [4.78, 5) is 26.4. The maximum Gasteiger partial charge on any atom is 0.279 e. The first-order chi connectivity index (χ1) is 16.4. The van der Waals surface area contributed by atoms with Crippen LogP contribution in [0.2, 0.25) is 0 Å². The van der Waals surface area contributed by atoms with Crippen molar-refractivity contribution < 1.29 is 23.8 Å². The fraction of sp³-hybridized carbons (Fsp3) is 0.200. The second-order valence-electron chi connectivity index (χ2n) is 7.57. The molecule has 0 radical (unpaired) electrons. The molecule has 4 rings (SSSR count). The number of hydrazine groups is 1. The standard InChI is InChI=1S/C25H24BrN3O5/c1-15(34-18-11-9-17(26)10-12-18)24(30)28-29-23(16-8-13-21(32-2)22(14-16)33-3)27-20-7-5-4-6-19(20)25(29)31/h4-15,23,27H,1-3H3,(H,28,30)/t15-,23+/m1/s1. The third-order valence-corrected chi connectivity index (χ3v) is 5.91. The predicted octanol–water partition coefficient (Wildman–Crippen LogP) is 4.53. The van der Waals surface area contributed by atoms with Crippen molar-refractivity contribution in [2.24, 2.45) is 0 Å². The molecule has 2 atom stereocenters. The van der Waals surface area contributed by atoms with E-state index < -0.39 is 18.2 Å². The summed E-state index contributed by atoms with van der Waals surface area (Å²) in [6, 6.07) is 19.6. The van der Waals surface area contributed by atoms with Gasteiger partial charge in [-0.15, -0.1) is 0 Å². The van der Waals surface area contributed by atoms with E-state index in [0.717, 1.165) is 4.47 Å². The van der Waals surface area contributed by atoms with Crippen molar-refractivity contribution in [3.8, 4) is 17.2 Å². The summed E-state index contributed by atoms with van der Waals surface area (Å²) in [5, 5.41) is 4.60. The lowest BCUT2D eigenvalue weighted by molar-refractivity contribution is -0.132. The largest absolute Gasteiger partial charge is 0.493 e. The number of nitrogens with zero attached hydrogens (tertiary/aromatic N) is 1. The molecule has 8 nitrogen and oxygen atoms in total. The van der Waals surface area contributed by atoms with Crippen molar-refractivity contribution in [1.29, 1.82) is 0 Å². The van der Waals surface area contributed by atoms with Gasteiger partial charge in [0.1, 0.15) is 11.9 Å². The molecule has 2 amide bonds. The van der Waals surface area contributed by atoms with Crippen LogP contribution >= 0.6 is 15.9 Å². The Morgan fingerprint density at radius 2 is 1.74 bits per heavy atom. The Bertz CT molecular complexity index is 1200. The van der Waals surface area contributed by atoms with E-state index >= 15 is 0 Å². The third kappa shape index (κ3) is 4.79. The van der Waals surface area contributed by atoms with E-state index in [1.807, 2.05) is 24.3 Å². The number of ether oxygens (including phenoxy) is 3. The summed E-state index contributed by atoms with van der Waals surface area (Å²) in [6.07, 6.45) is -1.54. The SMILES string of the molecule is COc1ccc([C@H]2Nc3ccccc3C(=O)N2NC(=O)[C@@H](C)Oc2ccc(Br)cc2)cc1OC. The van der Waals surface area contributed by atoms with Crippen LogP contribution in [0.1, 0.15) is 29.0 Å². The van der Waals surface area contributed by atoms with Crippen LogP contribution in [0.15, 0.2) is 71.2 Å². The first-order valence-corrected chi connectivity index (χ1v) is 11.3. The van der Waals surface area contributed by atoms with Crippen molar-refractivity contribution in [3.05, 3.63) is 82.3 Å². The minimum absolute atomic E-state index is 0.349. The third-order valence-electron chi connectivity index (χ3n) is 5.38. The summed E-state index contributed by atoms with van der Waals surface area (Å²) in [5.41, 5.74) is 4.54. The quantitative estimate of drug-likeness (QED) is 0.471. The monoisotopic (exact) mass is 525 g/mol. The molecule has 1 aliphatic rings. The van der Waals surface area contributed by atoms with Crippen LogP contribution in [-0.2, 0) is 4.79 Å². The zero-order valence-electron chi connectivity index (χ0n) is 18.9. The number of nitrogens with one attached hydrogen (secondary N) is 2. The molecule has 1 aliphatic heterocycles. The zero-order valence-corrected chi connectivity index (χ0v) is 20.5. The Kier molecular flexibility index (Phi) is 6.93. The average molecular weight is 526 g/mol. The fourth-order valence-electron chi connectivity index (χ4n) is 3.61. The lowest BCUT2D eigenvalue weighted by atomic mass is 10.0. The van der Waals surface area contributed by atoms with E-state index in [1.54, 1.807) is 56.5 Å². The van der Waals surface area contributed by atoms with Crippen molar-refractivity contribution >= 4 is 33.4 Å². The van der Waals surface area contributed by atoms with Gasteiger partial charge >= 0.3 is 0 Å². The second kappa shape index (κ2) is 10.0. The number of hydrogen-bond acceptors (Lipinski definition) is 6. The van der Waals surface area contributed by atoms with Crippen LogP contribution in [0.4, 0.5) is 5.69 Å². The number of anilines is 1. The van der Waals surface area contributed by atoms with Gasteiger partial charge in [-0.2, -0.15) is 0 Å². The first-order valence-electron chi connectivity index (χ1n) is 10.5. The van der Waals surface area contributed by atoms with Crippen LogP contribution in [0.25, 0.3) is 0 Å². The normalized spacial score (nSPS) is 15.6. The van der Waals surface area contributed by atoms with Crippen molar-refractivity contribution in [1.82, 2.24) is 10.4 Å². The highest BCUT2D eigenvalue weighted by Gasteiger charge is 2.35. The lowest BCUT2D eigenvalue weighted by Gasteiger charge is -2.38. The lowest BCUT2D eigenvalue weighted by Crippen LogP contribution is -2.55. The molecule has 0 aromatic heterocycles. The number of carbonyl (C=O) groups excluding carboxylic acids is 2. The molecule has 9 heteroatoms. The molecule has 1 heterocycles. The second-order valence-corrected chi connectivity index (χ2v) is 8.49. The Morgan fingerprint density at radius 3 is 2.44 bits per heavy atom. The predicted molar refractivity (Wildman–Crippen MR) is 131 cm³/mol. The average Bonchev–Trinajstić information content (AvgIpc) is 2.86. The number of rotatable bonds is 7. The minimum atomic E-state index is -0.850. The first kappa shape index (κ1) is 23.4. The summed E-state index contributed by atoms with van der Waals surface area (Å²) < 4.78 is 17.4. The van der Waals surface area contributed by atoms with E-state index in [1.165, 1.54) is 12.1 Å². The molecule has 0 spiro atoms. The molecule has 176 valence electrons. The summed E-state index contributed by atoms with van der Waals surface area (Å²) >= 11 is 3.37. The highest BCUT2D eigenvalue weighted by Crippen LogP contribution is 2.36. The van der Waals surface area contributed by atoms with E-state index in [0.29, 0.717) is 34.1 Å². The minimum Gasteiger partial charge on any atom is -0.493 e. The summed E-state index contributed by atoms with van der Waals surface area (Å²) in [6.45, 7) is 1.62. The molecule has 0 fully saturated rings. The number of halogens is 1. The van der Waals surface area contributed by atoms with Crippen LogP contribution in [0, 0.1) is 0 Å². The number of hydrogen-bond donors (Lipinski definition) is 2. The Morgan fingerprint density at radius 1 is 1.03 bits per heavy atom. The maximum atomic E-state index is 13.4. The number of para-hydroxylation sites is 1. The van der Waals surface area contributed by atoms with Crippen LogP contribution < -0.4 is 25.0 Å². The van der Waals surface area contributed by atoms with Gasteiger partial charge in [-0.1, -0.05) is 34.1 Å². The summed E-state index contributed by atoms with van der Waals surface area (Å²) in [7, 11) is 3.09. The molecule has 2 N–H and O–H groups in total. The molecular formula is C25H24BrN3O5. The number of carbonyl (C=O) groups is 2. The molecule has 3 aromatic carbocycles. The molecule has 0 saturated heterocycles. The van der Waals surface area contributed by atoms with Crippen LogP contribution in [0.5, 0.6) is 17.2 Å². The number of benzene rings is 3. The van der Waals surface area contributed by atoms with Gasteiger partial charge in [0, 0.05) is 15.7 Å². The van der Waals surface area contributed by atoms with E-state index in [9.17, 15) is 9.59 Å². The van der Waals surface area contributed by atoms with Gasteiger partial charge in [0.15, 0.2) is 17.6 Å². The Balaban J connectivity index is 1.62. The van der Waals surface area contributed by atoms with E-state index in [-0.39, 0.29) is 5.91 Å². The van der Waals surface area contributed by atoms with Crippen molar-refractivity contribution in [3.63, 3.8) is 0 Å². The van der Waals surface area contributed by atoms with Gasteiger partial charge in [0.2, 0.25) is 0 Å². The number of amides is 2. The summed E-state index contributed by atoms with van der Waals surface area (Å²) in [5.74, 6) is 0.782. The molecule has 34 heavy (non-hydrogen) atoms. The van der Waals surface area contributed by atoms with Gasteiger partial charge < -0.3 is 19.5 Å². The van der Waals surface area contributed by atoms with Gasteiger partial charge in [-0.05, 0) is 55.5 Å². The topological polar surface area (TPSA) is 89.1 Å². The molecular weight excluding hydrogens is 502 g/mol. The molecule has 3 aromatic rings. The highest BCUT2D eigenvalue weighted by atomic mass is 79.9. The number of methoxy groups -OCH3 is 2. The van der Waals surface area contributed by atoms with E-state index in [2.05, 4.69) is 26.7 Å². The van der Waals surface area contributed by atoms with Gasteiger partial charge in [0.25, 0.3) is 11.8 Å². The Hall–Kier alpha value is -3.72. The molecule has 0 aliphatic carbocycles. The van der Waals surface area contributed by atoms with Crippen LogP contribution in [0.3, 0.4) is 0 Å². The van der Waals surface area contributed by atoms with Crippen molar-refractivity contribution in [2.45, 2.75) is 19.2 Å². The highest BCUT2D eigenvalue weighted by molar-refractivity contribution is 9.10.